The van der Waals surface area contributed by atoms with E-state index in [1.807, 2.05) is 0 Å². The maximum absolute atomic E-state index is 11.8. The molecule has 0 aromatic heterocycles. The first-order chi connectivity index (χ1) is 5.47. The minimum Gasteiger partial charge on any atom is -1.00 e. The van der Waals surface area contributed by atoms with Gasteiger partial charge in [0.05, 0.1) is 0 Å². The van der Waals surface area contributed by atoms with E-state index in [4.69, 9.17) is 0 Å². The number of benzene rings is 1. The summed E-state index contributed by atoms with van der Waals surface area (Å²) in [6.07, 6.45) is 0. The Kier molecular flexibility index (Phi) is 8.29. The van der Waals surface area contributed by atoms with Gasteiger partial charge in [0.2, 0.25) is 0 Å². The van der Waals surface area contributed by atoms with Gasteiger partial charge in [0, 0.05) is 0 Å². The van der Waals surface area contributed by atoms with Crippen LogP contribution in [0.2, 0.25) is 0 Å². The molecule has 0 N–H and O–H groups in total. The molecule has 0 spiro atoms. The summed E-state index contributed by atoms with van der Waals surface area (Å²) in [4.78, 5) is 0.190. The number of hydrogen-bond donors (Lipinski definition) is 0. The van der Waals surface area contributed by atoms with E-state index >= 15 is 0 Å². The predicted octanol–water partition coefficient (Wildman–Crippen LogP) is 0.104. The summed E-state index contributed by atoms with van der Waals surface area (Å²) in [5.41, 5.74) is -3.50. The van der Waals surface area contributed by atoms with Crippen molar-refractivity contribution < 1.29 is 30.2 Å². The Morgan fingerprint density at radius 3 is 1.86 bits per heavy atom. The van der Waals surface area contributed by atoms with Gasteiger partial charge in [0.1, 0.15) is 0 Å². The van der Waals surface area contributed by atoms with Crippen LogP contribution in [-0.4, -0.2) is 28.6 Å². The molecule has 0 saturated heterocycles. The molecule has 0 aliphatic heterocycles. The number of rotatable bonds is 1. The van der Waals surface area contributed by atoms with Crippen LogP contribution >= 0.6 is 11.8 Å². The summed E-state index contributed by atoms with van der Waals surface area (Å²) in [5, 5.41) is 0. The molecule has 0 heterocycles. The summed E-state index contributed by atoms with van der Waals surface area (Å²) in [7, 11) is 0. The monoisotopic (exact) mass is 294 g/mol. The SMILES string of the molecule is [Br-].[CH2-]c1ccc(SC(F)(F)F)cc1.[Mg+2]. The van der Waals surface area contributed by atoms with E-state index < -0.39 is 5.51 Å². The second-order valence-electron chi connectivity index (χ2n) is 2.19. The van der Waals surface area contributed by atoms with Gasteiger partial charge in [-0.25, -0.2) is 0 Å². The van der Waals surface area contributed by atoms with E-state index in [0.717, 1.165) is 0 Å². The van der Waals surface area contributed by atoms with Crippen molar-refractivity contribution in [3.63, 3.8) is 0 Å². The van der Waals surface area contributed by atoms with E-state index in [0.29, 0.717) is 5.56 Å². The van der Waals surface area contributed by atoms with Crippen molar-refractivity contribution in [1.82, 2.24) is 0 Å². The summed E-state index contributed by atoms with van der Waals surface area (Å²) < 4.78 is 35.4. The van der Waals surface area contributed by atoms with E-state index in [1.165, 1.54) is 12.1 Å². The van der Waals surface area contributed by atoms with Gasteiger partial charge in [-0.3, -0.25) is 0 Å². The molecule has 0 atom stereocenters. The van der Waals surface area contributed by atoms with Gasteiger partial charge in [-0.15, -0.1) is 12.1 Å². The largest absolute Gasteiger partial charge is 2.00 e. The molecule has 0 fully saturated rings. The van der Waals surface area contributed by atoms with Crippen LogP contribution in [0.15, 0.2) is 29.2 Å². The van der Waals surface area contributed by atoms with Gasteiger partial charge in [0.15, 0.2) is 0 Å². The summed E-state index contributed by atoms with van der Waals surface area (Å²) >= 11 is -0.118. The van der Waals surface area contributed by atoms with Crippen molar-refractivity contribution in [3.8, 4) is 0 Å². The number of thioether (sulfide) groups is 1. The van der Waals surface area contributed by atoms with Crippen molar-refractivity contribution >= 4 is 34.8 Å². The first-order valence-corrected chi connectivity index (χ1v) is 3.97. The van der Waals surface area contributed by atoms with Gasteiger partial charge < -0.3 is 17.0 Å². The first-order valence-electron chi connectivity index (χ1n) is 3.15. The quantitative estimate of drug-likeness (QED) is 0.402. The van der Waals surface area contributed by atoms with E-state index in [9.17, 15) is 13.2 Å². The minimum atomic E-state index is -4.21. The zero-order chi connectivity index (χ0) is 9.19. The molecule has 0 bridgehead atoms. The number of hydrogen-bond acceptors (Lipinski definition) is 1. The summed E-state index contributed by atoms with van der Waals surface area (Å²) in [6.45, 7) is 3.57. The predicted molar refractivity (Wildman–Crippen MR) is 48.6 cm³/mol. The van der Waals surface area contributed by atoms with Crippen LogP contribution in [0, 0.1) is 6.92 Å². The standard InChI is InChI=1S/C8H6F3S.BrH.Mg/c1-6-2-4-7(5-3-6)12-8(9,10)11;;/h2-5H,1H2;1H;/q-1;;+2/p-1. The molecule has 6 heteroatoms. The normalized spacial score (nSPS) is 9.93. The van der Waals surface area contributed by atoms with Crippen LogP contribution in [0.4, 0.5) is 13.2 Å². The second-order valence-corrected chi connectivity index (χ2v) is 3.33. The van der Waals surface area contributed by atoms with Crippen LogP contribution in [0.3, 0.4) is 0 Å². The van der Waals surface area contributed by atoms with E-state index in [2.05, 4.69) is 6.92 Å². The molecule has 0 aliphatic rings. The Labute approximate surface area is 112 Å². The molecule has 0 amide bonds. The maximum Gasteiger partial charge on any atom is 2.00 e. The van der Waals surface area contributed by atoms with Crippen LogP contribution in [0.5, 0.6) is 0 Å². The molecule has 0 unspecified atom stereocenters. The maximum atomic E-state index is 11.8. The molecule has 0 aliphatic carbocycles. The topological polar surface area (TPSA) is 0 Å². The van der Waals surface area contributed by atoms with Crippen LogP contribution in [0.25, 0.3) is 0 Å². The minimum absolute atomic E-state index is 0. The zero-order valence-electron chi connectivity index (χ0n) is 7.14. The van der Waals surface area contributed by atoms with Gasteiger partial charge in [0.25, 0.3) is 0 Å². The zero-order valence-corrected chi connectivity index (χ0v) is 11.0. The molecule has 1 rings (SSSR count). The molecule has 1 aromatic rings. The molecule has 14 heavy (non-hydrogen) atoms. The fourth-order valence-electron chi connectivity index (χ4n) is 0.691. The number of halogens is 4. The molecular formula is C8H6BrF3MgS. The third kappa shape index (κ3) is 6.86. The van der Waals surface area contributed by atoms with Gasteiger partial charge in [-0.1, -0.05) is 0 Å². The van der Waals surface area contributed by atoms with Crippen molar-refractivity contribution in [1.29, 1.82) is 0 Å². The van der Waals surface area contributed by atoms with Crippen LogP contribution < -0.4 is 17.0 Å². The molecule has 74 valence electrons. The van der Waals surface area contributed by atoms with Gasteiger partial charge in [-0.05, 0) is 16.7 Å². The van der Waals surface area contributed by atoms with Crippen LogP contribution in [-0.2, 0) is 0 Å². The van der Waals surface area contributed by atoms with Crippen molar-refractivity contribution in [2.45, 2.75) is 10.4 Å². The van der Waals surface area contributed by atoms with Crippen molar-refractivity contribution in [2.75, 3.05) is 0 Å². The first kappa shape index (κ1) is 16.9. The van der Waals surface area contributed by atoms with E-state index in [1.54, 1.807) is 12.1 Å². The Morgan fingerprint density at radius 2 is 1.50 bits per heavy atom. The third-order valence-corrected chi connectivity index (χ3v) is 1.90. The average Bonchev–Trinajstić information content (AvgIpc) is 1.91. The molecule has 1 aromatic carbocycles. The average molecular weight is 295 g/mol. The Bertz CT molecular complexity index is 260. The van der Waals surface area contributed by atoms with Crippen molar-refractivity contribution in [2.24, 2.45) is 0 Å². The fraction of sp³-hybridized carbons (Fsp3) is 0.125. The fourth-order valence-corrected chi connectivity index (χ4v) is 1.23. The number of alkyl halides is 3. The van der Waals surface area contributed by atoms with Gasteiger partial charge >= 0.3 is 28.6 Å². The Hall–Kier alpha value is 0.476. The molecule has 0 nitrogen and oxygen atoms in total. The third-order valence-electron chi connectivity index (χ3n) is 1.16. The Morgan fingerprint density at radius 1 is 1.07 bits per heavy atom. The summed E-state index contributed by atoms with van der Waals surface area (Å²) in [6, 6.07) is 5.91. The molecule has 0 saturated carbocycles. The molecular weight excluding hydrogens is 289 g/mol. The Balaban J connectivity index is 0. The second kappa shape index (κ2) is 6.87. The van der Waals surface area contributed by atoms with Crippen molar-refractivity contribution in [3.05, 3.63) is 36.8 Å². The summed E-state index contributed by atoms with van der Waals surface area (Å²) in [5.74, 6) is 0. The smallest absolute Gasteiger partial charge is 1.00 e. The van der Waals surface area contributed by atoms with Gasteiger partial charge in [-0.2, -0.15) is 37.8 Å². The van der Waals surface area contributed by atoms with E-state index in [-0.39, 0.29) is 56.7 Å². The molecule has 0 radical (unpaired) electrons. The van der Waals surface area contributed by atoms with Crippen LogP contribution in [0.1, 0.15) is 5.56 Å².